The second kappa shape index (κ2) is 12.6. The Balaban J connectivity index is 1.51. The van der Waals surface area contributed by atoms with Crippen LogP contribution in [0.5, 0.6) is 0 Å². The van der Waals surface area contributed by atoms with E-state index in [1.807, 2.05) is 0 Å². The Morgan fingerprint density at radius 2 is 1.51 bits per heavy atom. The number of ether oxygens (including phenoxy) is 4. The highest BCUT2D eigenvalue weighted by molar-refractivity contribution is 5.90. The number of carbonyl (C=O) groups excluding carboxylic acids is 1. The molecule has 10 N–H and O–H groups in total. The molecule has 0 aromatic rings. The molecule has 4 rings (SSSR count). The molecule has 0 aromatic heterocycles. The van der Waals surface area contributed by atoms with Crippen LogP contribution in [0.2, 0.25) is 0 Å². The van der Waals surface area contributed by atoms with Crippen molar-refractivity contribution in [1.82, 2.24) is 0 Å². The van der Waals surface area contributed by atoms with Gasteiger partial charge in [-0.2, -0.15) is 0 Å². The normalized spacial score (nSPS) is 48.7. The zero-order valence-electron chi connectivity index (χ0n) is 21.1. The van der Waals surface area contributed by atoms with E-state index < -0.39 is 110 Å². The van der Waals surface area contributed by atoms with E-state index in [1.165, 1.54) is 0 Å². The van der Waals surface area contributed by atoms with E-state index in [0.717, 1.165) is 0 Å². The van der Waals surface area contributed by atoms with Crippen LogP contribution in [0.4, 0.5) is 0 Å². The number of carboxylic acids is 1. The Morgan fingerprint density at radius 1 is 0.795 bits per heavy atom. The van der Waals surface area contributed by atoms with Crippen molar-refractivity contribution in [3.63, 3.8) is 0 Å². The minimum Gasteiger partial charge on any atom is -0.481 e. The molecule has 0 aromatic carbocycles. The Morgan fingerprint density at radius 3 is 2.18 bits per heavy atom. The SMILES string of the molecule is O=C(O)CC(=O)OC[C@H]1O[C@@H](OC2CC3C(CC(O)C(O)C3O)[OH+]C2C2CCC(O)C(O)C2)[C@H](O)[C@@H](O)[C@@H]1O. The Bertz CT molecular complexity index is 857. The van der Waals surface area contributed by atoms with E-state index in [4.69, 9.17) is 24.1 Å². The molecule has 15 atom stereocenters. The summed E-state index contributed by atoms with van der Waals surface area (Å²) in [6.45, 7) is -0.629. The van der Waals surface area contributed by atoms with Crippen molar-refractivity contribution in [2.24, 2.45) is 11.8 Å². The number of aliphatic hydroxyl groups is 10. The fraction of sp³-hybridized carbons (Fsp3) is 0.917. The lowest BCUT2D eigenvalue weighted by Crippen LogP contribution is -2.64. The van der Waals surface area contributed by atoms with Crippen LogP contribution < -0.4 is 0 Å². The average Bonchev–Trinajstić information content (AvgIpc) is 2.88. The van der Waals surface area contributed by atoms with Gasteiger partial charge in [-0.25, -0.2) is 0 Å². The van der Waals surface area contributed by atoms with Crippen LogP contribution in [0.15, 0.2) is 0 Å². The fourth-order valence-corrected chi connectivity index (χ4v) is 6.19. The quantitative estimate of drug-likeness (QED) is 0.0798. The summed E-state index contributed by atoms with van der Waals surface area (Å²) in [5.41, 5.74) is 0. The van der Waals surface area contributed by atoms with Gasteiger partial charge in [0.15, 0.2) is 18.5 Å². The largest absolute Gasteiger partial charge is 0.481 e. The standard InChI is InChI=1S/C24H38O15/c25-10-2-1-8(3-11(10)26)23-14(4-9-13(37-23)5-12(27)19(32)18(9)31)38-24-22(35)21(34)20(33)15(39-24)7-36-17(30)6-16(28)29/h8-15,18-27,31-35H,1-7H2,(H,28,29)/p+1/t8?,9?,10?,11?,12?,13?,14?,15-,18?,19?,20-,21+,22-,23?,24-/m1/s1. The van der Waals surface area contributed by atoms with Gasteiger partial charge in [0.2, 0.25) is 0 Å². The first-order chi connectivity index (χ1) is 18.4. The smallest absolute Gasteiger partial charge is 0.317 e. The third kappa shape index (κ3) is 6.70. The van der Waals surface area contributed by atoms with Gasteiger partial charge < -0.3 is 64.9 Å². The zero-order valence-corrected chi connectivity index (χ0v) is 21.1. The van der Waals surface area contributed by atoms with E-state index in [1.54, 1.807) is 0 Å². The molecule has 15 heteroatoms. The molecule has 4 fully saturated rings. The van der Waals surface area contributed by atoms with E-state index in [0.29, 0.717) is 12.8 Å². The fourth-order valence-electron chi connectivity index (χ4n) is 6.19. The molecule has 2 aliphatic carbocycles. The van der Waals surface area contributed by atoms with Crippen LogP contribution in [0.25, 0.3) is 0 Å². The summed E-state index contributed by atoms with van der Waals surface area (Å²) >= 11 is 0. The van der Waals surface area contributed by atoms with Crippen LogP contribution in [0.3, 0.4) is 0 Å². The van der Waals surface area contributed by atoms with E-state index >= 15 is 0 Å². The molecule has 2 aliphatic heterocycles. The van der Waals surface area contributed by atoms with E-state index in [-0.39, 0.29) is 25.2 Å². The molecule has 224 valence electrons. The molecule has 39 heavy (non-hydrogen) atoms. The number of aliphatic hydroxyl groups excluding tert-OH is 8. The predicted molar refractivity (Wildman–Crippen MR) is 125 cm³/mol. The number of carbonyl (C=O) groups is 2. The summed E-state index contributed by atoms with van der Waals surface area (Å²) in [4.78, 5) is 22.3. The molecule has 0 spiro atoms. The summed E-state index contributed by atoms with van der Waals surface area (Å²) in [5.74, 6) is -3.42. The topological polar surface area (TPSA) is 257 Å². The van der Waals surface area contributed by atoms with Crippen molar-refractivity contribution >= 4 is 11.9 Å². The van der Waals surface area contributed by atoms with Crippen LogP contribution in [0, 0.1) is 11.8 Å². The van der Waals surface area contributed by atoms with Crippen LogP contribution in [-0.2, 0) is 23.8 Å². The van der Waals surface area contributed by atoms with Gasteiger partial charge in [-0.3, -0.25) is 9.59 Å². The van der Waals surface area contributed by atoms with Gasteiger partial charge in [0, 0.05) is 12.3 Å². The van der Waals surface area contributed by atoms with Gasteiger partial charge in [0.1, 0.15) is 49.7 Å². The first kappa shape index (κ1) is 30.5. The van der Waals surface area contributed by atoms with Crippen molar-refractivity contribution in [3.8, 4) is 0 Å². The first-order valence-corrected chi connectivity index (χ1v) is 13.2. The van der Waals surface area contributed by atoms with Crippen molar-refractivity contribution in [2.45, 2.75) is 118 Å². The number of rotatable bonds is 7. The van der Waals surface area contributed by atoms with Gasteiger partial charge in [0.25, 0.3) is 0 Å². The number of aliphatic carboxylic acids is 1. The molecule has 2 saturated heterocycles. The van der Waals surface area contributed by atoms with Crippen molar-refractivity contribution < 1.29 is 74.5 Å². The minimum atomic E-state index is -1.78. The first-order valence-electron chi connectivity index (χ1n) is 13.2. The van der Waals surface area contributed by atoms with Crippen molar-refractivity contribution in [2.75, 3.05) is 6.61 Å². The molecule has 4 aliphatic rings. The zero-order chi connectivity index (χ0) is 28.6. The molecule has 15 nitrogen and oxygen atoms in total. The highest BCUT2D eigenvalue weighted by atomic mass is 16.7. The number of esters is 1. The van der Waals surface area contributed by atoms with E-state index in [2.05, 4.69) is 0 Å². The van der Waals surface area contributed by atoms with Gasteiger partial charge >= 0.3 is 11.9 Å². The number of carboxylic acid groups (broad SMARTS) is 1. The predicted octanol–water partition coefficient (Wildman–Crippen LogP) is -4.51. The molecule has 0 bridgehead atoms. The molecular formula is C24H39O15+. The maximum absolute atomic E-state index is 11.6. The number of hydrogen-bond acceptors (Lipinski definition) is 13. The van der Waals surface area contributed by atoms with Crippen LogP contribution >= 0.6 is 0 Å². The minimum absolute atomic E-state index is 0.0985. The van der Waals surface area contributed by atoms with Gasteiger partial charge in [-0.05, 0) is 25.7 Å². The van der Waals surface area contributed by atoms with Gasteiger partial charge in [-0.1, -0.05) is 0 Å². The monoisotopic (exact) mass is 567 g/mol. The lowest BCUT2D eigenvalue weighted by molar-refractivity contribution is -0.360. The summed E-state index contributed by atoms with van der Waals surface area (Å²) < 4.78 is 21.3. The lowest BCUT2D eigenvalue weighted by Gasteiger charge is -2.49. The Hall–Kier alpha value is -1.50. The summed E-state index contributed by atoms with van der Waals surface area (Å²) in [6.07, 6.45) is -15.7. The van der Waals surface area contributed by atoms with Crippen molar-refractivity contribution in [1.29, 1.82) is 0 Å². The van der Waals surface area contributed by atoms with Crippen LogP contribution in [-0.4, -0.2) is 149 Å². The molecule has 0 radical (unpaired) electrons. The molecule has 0 amide bonds. The highest BCUT2D eigenvalue weighted by Gasteiger charge is 2.56. The van der Waals surface area contributed by atoms with Gasteiger partial charge in [-0.15, -0.1) is 0 Å². The van der Waals surface area contributed by atoms with Crippen LogP contribution in [0.1, 0.15) is 38.5 Å². The third-order valence-electron chi connectivity index (χ3n) is 8.40. The molecule has 2 saturated carbocycles. The summed E-state index contributed by atoms with van der Waals surface area (Å²) in [5, 5.41) is 91.4. The Labute approximate surface area is 223 Å². The number of hydrogen-bond donors (Lipinski definition) is 9. The van der Waals surface area contributed by atoms with Gasteiger partial charge in [0.05, 0.1) is 30.3 Å². The summed E-state index contributed by atoms with van der Waals surface area (Å²) in [7, 11) is 0. The maximum atomic E-state index is 11.6. The second-order valence-electron chi connectivity index (χ2n) is 11.0. The lowest BCUT2D eigenvalue weighted by atomic mass is 9.71. The molecule has 2 heterocycles. The number of fused-ring (bicyclic) bond motifs is 1. The summed E-state index contributed by atoms with van der Waals surface area (Å²) in [6, 6.07) is 0. The molecule has 10 unspecified atom stereocenters. The average molecular weight is 568 g/mol. The maximum Gasteiger partial charge on any atom is 0.317 e. The highest BCUT2D eigenvalue weighted by Crippen LogP contribution is 2.42. The molecular weight excluding hydrogens is 528 g/mol. The Kier molecular flexibility index (Phi) is 9.81. The second-order valence-corrected chi connectivity index (χ2v) is 11.0. The third-order valence-corrected chi connectivity index (χ3v) is 8.40. The van der Waals surface area contributed by atoms with Crippen molar-refractivity contribution in [3.05, 3.63) is 0 Å². The van der Waals surface area contributed by atoms with E-state index in [9.17, 15) is 50.4 Å².